The highest BCUT2D eigenvalue weighted by atomic mass is 79.9. The summed E-state index contributed by atoms with van der Waals surface area (Å²) < 4.78 is 26.7. The molecule has 0 aliphatic heterocycles. The molecule has 1 rings (SSSR count). The molecule has 15 heavy (non-hydrogen) atoms. The first-order chi connectivity index (χ1) is 7.06. The molecule has 1 atom stereocenters. The lowest BCUT2D eigenvalue weighted by Crippen LogP contribution is -2.12. The molecule has 0 bridgehead atoms. The Bertz CT molecular complexity index is 342. The van der Waals surface area contributed by atoms with E-state index in [-0.39, 0.29) is 10.0 Å². The van der Waals surface area contributed by atoms with Crippen molar-refractivity contribution in [2.75, 3.05) is 0 Å². The van der Waals surface area contributed by atoms with Crippen LogP contribution in [0.3, 0.4) is 0 Å². The average Bonchev–Trinajstić information content (AvgIpc) is 2.20. The summed E-state index contributed by atoms with van der Waals surface area (Å²) in [5.41, 5.74) is 6.03. The van der Waals surface area contributed by atoms with Crippen LogP contribution in [0.2, 0.25) is 0 Å². The predicted molar refractivity (Wildman–Crippen MR) is 60.5 cm³/mol. The van der Waals surface area contributed by atoms with Crippen molar-refractivity contribution < 1.29 is 8.78 Å². The van der Waals surface area contributed by atoms with Crippen molar-refractivity contribution >= 4 is 15.9 Å². The maximum atomic E-state index is 13.4. The number of hydrogen-bond acceptors (Lipinski definition) is 1. The minimum Gasteiger partial charge on any atom is -0.324 e. The second-order valence-electron chi connectivity index (χ2n) is 3.54. The standard InChI is InChI=1S/C11H14BrF2N/c1-2-3-4-11(15)7-5-10(14)8(12)6-9(7)13/h5-6,11H,2-4,15H2,1H3. The average molecular weight is 278 g/mol. The lowest BCUT2D eigenvalue weighted by molar-refractivity contribution is 0.533. The summed E-state index contributed by atoms with van der Waals surface area (Å²) in [6.45, 7) is 2.03. The van der Waals surface area contributed by atoms with Gasteiger partial charge in [-0.05, 0) is 34.5 Å². The van der Waals surface area contributed by atoms with Crippen molar-refractivity contribution in [3.8, 4) is 0 Å². The molecule has 84 valence electrons. The van der Waals surface area contributed by atoms with Crippen molar-refractivity contribution in [1.82, 2.24) is 0 Å². The van der Waals surface area contributed by atoms with Crippen LogP contribution >= 0.6 is 15.9 Å². The van der Waals surface area contributed by atoms with Gasteiger partial charge in [0.2, 0.25) is 0 Å². The fourth-order valence-electron chi connectivity index (χ4n) is 1.40. The largest absolute Gasteiger partial charge is 0.324 e. The number of rotatable bonds is 4. The second-order valence-corrected chi connectivity index (χ2v) is 4.39. The normalized spacial score (nSPS) is 12.9. The maximum absolute atomic E-state index is 13.4. The summed E-state index contributed by atoms with van der Waals surface area (Å²) in [6.07, 6.45) is 2.58. The molecule has 2 N–H and O–H groups in total. The summed E-state index contributed by atoms with van der Waals surface area (Å²) in [5.74, 6) is -0.926. The van der Waals surface area contributed by atoms with Gasteiger partial charge in [0, 0.05) is 11.6 Å². The zero-order valence-electron chi connectivity index (χ0n) is 8.56. The maximum Gasteiger partial charge on any atom is 0.137 e. The van der Waals surface area contributed by atoms with Crippen molar-refractivity contribution in [2.45, 2.75) is 32.2 Å². The highest BCUT2D eigenvalue weighted by Crippen LogP contribution is 2.25. The molecule has 0 spiro atoms. The first-order valence-corrected chi connectivity index (χ1v) is 5.75. The molecule has 0 amide bonds. The zero-order chi connectivity index (χ0) is 11.4. The highest BCUT2D eigenvalue weighted by Gasteiger charge is 2.14. The highest BCUT2D eigenvalue weighted by molar-refractivity contribution is 9.10. The van der Waals surface area contributed by atoms with Crippen LogP contribution in [-0.4, -0.2) is 0 Å². The molecule has 0 radical (unpaired) electrons. The van der Waals surface area contributed by atoms with Crippen LogP contribution in [0.15, 0.2) is 16.6 Å². The van der Waals surface area contributed by atoms with Gasteiger partial charge in [-0.2, -0.15) is 0 Å². The molecular weight excluding hydrogens is 264 g/mol. The summed E-state index contributed by atoms with van der Waals surface area (Å²) in [4.78, 5) is 0. The van der Waals surface area contributed by atoms with E-state index in [1.54, 1.807) is 0 Å². The SMILES string of the molecule is CCCCC(N)c1cc(F)c(Br)cc1F. The van der Waals surface area contributed by atoms with Gasteiger partial charge < -0.3 is 5.73 Å². The van der Waals surface area contributed by atoms with E-state index in [0.717, 1.165) is 18.9 Å². The lowest BCUT2D eigenvalue weighted by atomic mass is 10.0. The van der Waals surface area contributed by atoms with E-state index in [2.05, 4.69) is 15.9 Å². The molecule has 0 aliphatic rings. The van der Waals surface area contributed by atoms with Crippen LogP contribution < -0.4 is 5.73 Å². The Morgan fingerprint density at radius 2 is 2.00 bits per heavy atom. The molecular formula is C11H14BrF2N. The van der Waals surface area contributed by atoms with Gasteiger partial charge in [-0.1, -0.05) is 19.8 Å². The molecule has 1 aromatic rings. The van der Waals surface area contributed by atoms with E-state index in [0.29, 0.717) is 6.42 Å². The van der Waals surface area contributed by atoms with Crippen molar-refractivity contribution in [3.63, 3.8) is 0 Å². The topological polar surface area (TPSA) is 26.0 Å². The molecule has 1 nitrogen and oxygen atoms in total. The Morgan fingerprint density at radius 1 is 1.33 bits per heavy atom. The number of unbranched alkanes of at least 4 members (excludes halogenated alkanes) is 1. The predicted octanol–water partition coefficient (Wildman–Crippen LogP) is 3.92. The molecule has 0 saturated carbocycles. The van der Waals surface area contributed by atoms with Gasteiger partial charge >= 0.3 is 0 Å². The molecule has 4 heteroatoms. The van der Waals surface area contributed by atoms with E-state index in [9.17, 15) is 8.78 Å². The van der Waals surface area contributed by atoms with E-state index >= 15 is 0 Å². The monoisotopic (exact) mass is 277 g/mol. The molecule has 0 aliphatic carbocycles. The first-order valence-electron chi connectivity index (χ1n) is 4.96. The minimum absolute atomic E-state index is 0.131. The zero-order valence-corrected chi connectivity index (χ0v) is 10.2. The summed E-state index contributed by atoms with van der Waals surface area (Å²) in [5, 5.41) is 0. The van der Waals surface area contributed by atoms with E-state index < -0.39 is 17.7 Å². The quantitative estimate of drug-likeness (QED) is 0.830. The van der Waals surface area contributed by atoms with Gasteiger partial charge in [0.05, 0.1) is 4.47 Å². The summed E-state index contributed by atoms with van der Waals surface area (Å²) in [7, 11) is 0. The van der Waals surface area contributed by atoms with Crippen molar-refractivity contribution in [2.24, 2.45) is 5.73 Å². The van der Waals surface area contributed by atoms with E-state index in [1.165, 1.54) is 6.07 Å². The van der Waals surface area contributed by atoms with Crippen molar-refractivity contribution in [1.29, 1.82) is 0 Å². The number of halogens is 3. The van der Waals surface area contributed by atoms with Gasteiger partial charge in [0.1, 0.15) is 11.6 Å². The Labute approximate surface area is 96.8 Å². The third-order valence-corrected chi connectivity index (χ3v) is 2.92. The van der Waals surface area contributed by atoms with Crippen LogP contribution in [0, 0.1) is 11.6 Å². The van der Waals surface area contributed by atoms with Crippen LogP contribution in [0.1, 0.15) is 37.8 Å². The van der Waals surface area contributed by atoms with Gasteiger partial charge in [-0.25, -0.2) is 8.78 Å². The molecule has 0 aromatic heterocycles. The fraction of sp³-hybridized carbons (Fsp3) is 0.455. The number of nitrogens with two attached hydrogens (primary N) is 1. The molecule has 1 aromatic carbocycles. The Morgan fingerprint density at radius 3 is 2.60 bits per heavy atom. The van der Waals surface area contributed by atoms with Crippen LogP contribution in [0.25, 0.3) is 0 Å². The smallest absolute Gasteiger partial charge is 0.137 e. The van der Waals surface area contributed by atoms with Gasteiger partial charge in [-0.3, -0.25) is 0 Å². The summed E-state index contributed by atoms with van der Waals surface area (Å²) in [6, 6.07) is 1.86. The molecule has 1 unspecified atom stereocenters. The summed E-state index contributed by atoms with van der Waals surface area (Å²) >= 11 is 2.93. The van der Waals surface area contributed by atoms with Crippen LogP contribution in [-0.2, 0) is 0 Å². The van der Waals surface area contributed by atoms with Crippen molar-refractivity contribution in [3.05, 3.63) is 33.8 Å². The molecule has 0 heterocycles. The third kappa shape index (κ3) is 3.24. The van der Waals surface area contributed by atoms with E-state index in [4.69, 9.17) is 5.73 Å². The van der Waals surface area contributed by atoms with Gasteiger partial charge in [0.15, 0.2) is 0 Å². The fourth-order valence-corrected chi connectivity index (χ4v) is 1.72. The number of benzene rings is 1. The molecule has 0 saturated heterocycles. The lowest BCUT2D eigenvalue weighted by Gasteiger charge is -2.13. The second kappa shape index (κ2) is 5.56. The van der Waals surface area contributed by atoms with E-state index in [1.807, 2.05) is 6.92 Å². The van der Waals surface area contributed by atoms with Crippen LogP contribution in [0.5, 0.6) is 0 Å². The first kappa shape index (κ1) is 12.6. The van der Waals surface area contributed by atoms with Gasteiger partial charge in [0.25, 0.3) is 0 Å². The minimum atomic E-state index is -0.474. The van der Waals surface area contributed by atoms with Crippen LogP contribution in [0.4, 0.5) is 8.78 Å². The van der Waals surface area contributed by atoms with Gasteiger partial charge in [-0.15, -0.1) is 0 Å². The number of hydrogen-bond donors (Lipinski definition) is 1. The molecule has 0 fully saturated rings. The Kier molecular flexibility index (Phi) is 4.67. The third-order valence-electron chi connectivity index (χ3n) is 2.31. The Balaban J connectivity index is 2.88. The Hall–Kier alpha value is -0.480.